The van der Waals surface area contributed by atoms with Gasteiger partial charge in [0.15, 0.2) is 0 Å². The van der Waals surface area contributed by atoms with Gasteiger partial charge in [-0.25, -0.2) is 8.42 Å². The molecule has 0 radical (unpaired) electrons. The summed E-state index contributed by atoms with van der Waals surface area (Å²) in [6.45, 7) is 2.70. The molecule has 1 unspecified atom stereocenters. The van der Waals surface area contributed by atoms with Crippen LogP contribution in [-0.2, 0) is 15.9 Å². The molecule has 20 heavy (non-hydrogen) atoms. The molecule has 5 heteroatoms. The van der Waals surface area contributed by atoms with E-state index in [0.717, 1.165) is 37.7 Å². The zero-order valence-electron chi connectivity index (χ0n) is 11.9. The van der Waals surface area contributed by atoms with Crippen molar-refractivity contribution < 1.29 is 8.42 Å². The number of rotatable bonds is 4. The molecule has 0 N–H and O–H groups in total. The van der Waals surface area contributed by atoms with Crippen LogP contribution < -0.4 is 0 Å². The molecule has 1 aliphatic heterocycles. The number of nitrogens with zero attached hydrogens (tertiary/aromatic N) is 1. The molecular weight excluding hydrogens is 294 g/mol. The normalized spacial score (nSPS) is 21.6. The molecule has 1 aromatic rings. The standard InChI is InChI=1S/C15H22ClNO2S/c1-2-14-6-4-3-5-11-17(14)20(18,19)15-9-7-13(12-16)8-10-15/h7-10,14H,2-6,11-12H2,1H3. The van der Waals surface area contributed by atoms with Crippen molar-refractivity contribution in [2.24, 2.45) is 0 Å². The van der Waals surface area contributed by atoms with E-state index in [1.165, 1.54) is 0 Å². The van der Waals surface area contributed by atoms with Crippen LogP contribution in [-0.4, -0.2) is 25.3 Å². The molecule has 1 saturated heterocycles. The van der Waals surface area contributed by atoms with E-state index in [4.69, 9.17) is 11.6 Å². The van der Waals surface area contributed by atoms with Gasteiger partial charge in [0.25, 0.3) is 0 Å². The van der Waals surface area contributed by atoms with Gasteiger partial charge in [-0.15, -0.1) is 11.6 Å². The van der Waals surface area contributed by atoms with E-state index in [-0.39, 0.29) is 6.04 Å². The Morgan fingerprint density at radius 3 is 2.50 bits per heavy atom. The van der Waals surface area contributed by atoms with Crippen LogP contribution in [0.15, 0.2) is 29.2 Å². The third-order valence-electron chi connectivity index (χ3n) is 3.98. The summed E-state index contributed by atoms with van der Waals surface area (Å²) in [5.41, 5.74) is 0.938. The minimum absolute atomic E-state index is 0.134. The molecule has 112 valence electrons. The van der Waals surface area contributed by atoms with Gasteiger partial charge in [-0.2, -0.15) is 4.31 Å². The van der Waals surface area contributed by atoms with Crippen LogP contribution in [0.1, 0.15) is 44.6 Å². The average molecular weight is 316 g/mol. The fraction of sp³-hybridized carbons (Fsp3) is 0.600. The fourth-order valence-electron chi connectivity index (χ4n) is 2.76. The first-order valence-corrected chi connectivity index (χ1v) is 9.23. The molecule has 0 saturated carbocycles. The van der Waals surface area contributed by atoms with Gasteiger partial charge in [0.05, 0.1) is 4.90 Å². The summed E-state index contributed by atoms with van der Waals surface area (Å²) in [6, 6.07) is 7.06. The van der Waals surface area contributed by atoms with Gasteiger partial charge in [-0.1, -0.05) is 31.9 Å². The summed E-state index contributed by atoms with van der Waals surface area (Å²) in [4.78, 5) is 0.381. The molecule has 0 aromatic heterocycles. The summed E-state index contributed by atoms with van der Waals surface area (Å²) >= 11 is 5.75. The maximum Gasteiger partial charge on any atom is 0.243 e. The maximum absolute atomic E-state index is 12.8. The Morgan fingerprint density at radius 2 is 1.90 bits per heavy atom. The highest BCUT2D eigenvalue weighted by Crippen LogP contribution is 2.26. The zero-order valence-corrected chi connectivity index (χ0v) is 13.5. The summed E-state index contributed by atoms with van der Waals surface area (Å²) in [5, 5.41) is 0. The van der Waals surface area contributed by atoms with E-state index < -0.39 is 10.0 Å². The van der Waals surface area contributed by atoms with Crippen molar-refractivity contribution in [3.8, 4) is 0 Å². The van der Waals surface area contributed by atoms with Crippen molar-refractivity contribution in [3.63, 3.8) is 0 Å². The first kappa shape index (κ1) is 15.8. The molecule has 1 aliphatic rings. The van der Waals surface area contributed by atoms with E-state index in [9.17, 15) is 8.42 Å². The second-order valence-corrected chi connectivity index (χ2v) is 7.46. The topological polar surface area (TPSA) is 37.4 Å². The minimum atomic E-state index is -3.38. The highest BCUT2D eigenvalue weighted by Gasteiger charge is 2.31. The molecule has 1 atom stereocenters. The number of benzene rings is 1. The molecule has 1 fully saturated rings. The van der Waals surface area contributed by atoms with Gasteiger partial charge in [0.1, 0.15) is 0 Å². The molecule has 2 rings (SSSR count). The van der Waals surface area contributed by atoms with Gasteiger partial charge >= 0.3 is 0 Å². The third-order valence-corrected chi connectivity index (χ3v) is 6.25. The second kappa shape index (κ2) is 6.92. The van der Waals surface area contributed by atoms with Crippen LogP contribution in [0, 0.1) is 0 Å². The largest absolute Gasteiger partial charge is 0.243 e. The predicted octanol–water partition coefficient (Wildman–Crippen LogP) is 3.77. The Hall–Kier alpha value is -0.580. The molecule has 1 heterocycles. The van der Waals surface area contributed by atoms with Crippen molar-refractivity contribution in [1.29, 1.82) is 0 Å². The molecule has 0 aliphatic carbocycles. The van der Waals surface area contributed by atoms with E-state index in [0.29, 0.717) is 17.3 Å². The monoisotopic (exact) mass is 315 g/mol. The Labute approximate surface area is 127 Å². The van der Waals surface area contributed by atoms with E-state index in [1.807, 2.05) is 0 Å². The second-order valence-electron chi connectivity index (χ2n) is 5.30. The highest BCUT2D eigenvalue weighted by molar-refractivity contribution is 7.89. The lowest BCUT2D eigenvalue weighted by Crippen LogP contribution is -2.39. The van der Waals surface area contributed by atoms with Crippen LogP contribution in [0.2, 0.25) is 0 Å². The average Bonchev–Trinajstić information content (AvgIpc) is 2.73. The van der Waals surface area contributed by atoms with Gasteiger partial charge < -0.3 is 0 Å². The SMILES string of the molecule is CCC1CCCCCN1S(=O)(=O)c1ccc(CCl)cc1. The number of sulfonamides is 1. The molecule has 0 bridgehead atoms. The quantitative estimate of drug-likeness (QED) is 0.793. The summed E-state index contributed by atoms with van der Waals surface area (Å²) < 4.78 is 27.3. The lowest BCUT2D eigenvalue weighted by atomic mass is 10.1. The Balaban J connectivity index is 2.30. The molecule has 3 nitrogen and oxygen atoms in total. The number of hydrogen-bond donors (Lipinski definition) is 0. The lowest BCUT2D eigenvalue weighted by Gasteiger charge is -2.28. The lowest BCUT2D eigenvalue weighted by molar-refractivity contribution is 0.315. The molecular formula is C15H22ClNO2S. The number of halogens is 1. The van der Waals surface area contributed by atoms with Crippen molar-refractivity contribution in [2.45, 2.75) is 55.8 Å². The third kappa shape index (κ3) is 3.35. The fourth-order valence-corrected chi connectivity index (χ4v) is 4.71. The summed E-state index contributed by atoms with van der Waals surface area (Å²) in [7, 11) is -3.38. The van der Waals surface area contributed by atoms with Gasteiger partial charge in [0.2, 0.25) is 10.0 Å². The Bertz CT molecular complexity index is 527. The molecule has 0 amide bonds. The summed E-state index contributed by atoms with van der Waals surface area (Å²) in [5.74, 6) is 0.404. The first-order valence-electron chi connectivity index (χ1n) is 7.26. The van der Waals surface area contributed by atoms with Crippen molar-refractivity contribution >= 4 is 21.6 Å². The minimum Gasteiger partial charge on any atom is -0.207 e. The van der Waals surface area contributed by atoms with Crippen molar-refractivity contribution in [1.82, 2.24) is 4.31 Å². The van der Waals surface area contributed by atoms with Gasteiger partial charge in [-0.05, 0) is 37.0 Å². The maximum atomic E-state index is 12.8. The number of alkyl halides is 1. The summed E-state index contributed by atoms with van der Waals surface area (Å²) in [6.07, 6.45) is 5.04. The first-order chi connectivity index (χ1) is 9.59. The Morgan fingerprint density at radius 1 is 1.20 bits per heavy atom. The zero-order chi connectivity index (χ0) is 14.6. The van der Waals surface area contributed by atoms with E-state index >= 15 is 0 Å². The Kier molecular flexibility index (Phi) is 5.47. The number of hydrogen-bond acceptors (Lipinski definition) is 2. The molecule has 1 aromatic carbocycles. The van der Waals surface area contributed by atoms with Crippen molar-refractivity contribution in [2.75, 3.05) is 6.54 Å². The predicted molar refractivity (Wildman–Crippen MR) is 82.4 cm³/mol. The van der Waals surface area contributed by atoms with E-state index in [1.54, 1.807) is 28.6 Å². The molecule has 0 spiro atoms. The van der Waals surface area contributed by atoms with Crippen LogP contribution in [0.4, 0.5) is 0 Å². The van der Waals surface area contributed by atoms with Crippen molar-refractivity contribution in [3.05, 3.63) is 29.8 Å². The van der Waals surface area contributed by atoms with Gasteiger partial charge in [0, 0.05) is 18.5 Å². The highest BCUT2D eigenvalue weighted by atomic mass is 35.5. The van der Waals surface area contributed by atoms with Crippen LogP contribution in [0.25, 0.3) is 0 Å². The smallest absolute Gasteiger partial charge is 0.207 e. The van der Waals surface area contributed by atoms with Crippen LogP contribution >= 0.6 is 11.6 Å². The van der Waals surface area contributed by atoms with Crippen LogP contribution in [0.5, 0.6) is 0 Å². The van der Waals surface area contributed by atoms with E-state index in [2.05, 4.69) is 6.92 Å². The van der Waals surface area contributed by atoms with Crippen LogP contribution in [0.3, 0.4) is 0 Å². The van der Waals surface area contributed by atoms with Gasteiger partial charge in [-0.3, -0.25) is 0 Å².